The normalized spacial score (nSPS) is 26.3. The number of hydrogen-bond acceptors (Lipinski definition) is 4. The lowest BCUT2D eigenvalue weighted by Gasteiger charge is -2.40. The van der Waals surface area contributed by atoms with E-state index in [1.54, 1.807) is 6.26 Å². The van der Waals surface area contributed by atoms with Crippen molar-refractivity contribution >= 4 is 0 Å². The summed E-state index contributed by atoms with van der Waals surface area (Å²) in [4.78, 5) is 5.18. The molecule has 0 amide bonds. The highest BCUT2D eigenvalue weighted by Crippen LogP contribution is 2.39. The van der Waals surface area contributed by atoms with E-state index < -0.39 is 0 Å². The summed E-state index contributed by atoms with van der Waals surface area (Å²) in [6, 6.07) is 4.07. The van der Waals surface area contributed by atoms with Gasteiger partial charge in [0.25, 0.3) is 0 Å². The van der Waals surface area contributed by atoms with Crippen LogP contribution in [0.5, 0.6) is 0 Å². The van der Waals surface area contributed by atoms with Crippen LogP contribution in [0.15, 0.2) is 35.2 Å². The zero-order chi connectivity index (χ0) is 15.7. The molecule has 2 aromatic rings. The third-order valence-corrected chi connectivity index (χ3v) is 5.38. The standard InChI is InChI=1S/C18H26N4O/c1-20-11-16(10-19-20)12-21-7-3-5-18(14-21)6-8-22(15-18)13-17-4-2-9-23-17/h2,4,9-11H,3,5-8,12-15H2,1H3/t18-/m1/s1. The van der Waals surface area contributed by atoms with Crippen LogP contribution in [0, 0.1) is 5.41 Å². The molecule has 1 atom stereocenters. The quantitative estimate of drug-likeness (QED) is 0.869. The molecule has 2 aromatic heterocycles. The van der Waals surface area contributed by atoms with Crippen molar-refractivity contribution < 1.29 is 4.42 Å². The molecule has 5 nitrogen and oxygen atoms in total. The second-order valence-electron chi connectivity index (χ2n) is 7.38. The molecule has 23 heavy (non-hydrogen) atoms. The highest BCUT2D eigenvalue weighted by molar-refractivity contribution is 5.05. The van der Waals surface area contributed by atoms with Crippen molar-refractivity contribution in [3.05, 3.63) is 42.1 Å². The predicted octanol–water partition coefficient (Wildman–Crippen LogP) is 2.50. The maximum Gasteiger partial charge on any atom is 0.117 e. The van der Waals surface area contributed by atoms with Crippen LogP contribution in [0.2, 0.25) is 0 Å². The van der Waals surface area contributed by atoms with Crippen LogP contribution in [0.1, 0.15) is 30.6 Å². The molecular formula is C18H26N4O. The van der Waals surface area contributed by atoms with Gasteiger partial charge >= 0.3 is 0 Å². The highest BCUT2D eigenvalue weighted by Gasteiger charge is 2.41. The molecule has 0 aliphatic carbocycles. The average molecular weight is 314 g/mol. The van der Waals surface area contributed by atoms with Crippen LogP contribution in [-0.2, 0) is 20.1 Å². The number of likely N-dealkylation sites (tertiary alicyclic amines) is 2. The summed E-state index contributed by atoms with van der Waals surface area (Å²) in [5, 5.41) is 4.30. The zero-order valence-corrected chi connectivity index (χ0v) is 13.9. The molecule has 1 spiro atoms. The maximum atomic E-state index is 5.51. The van der Waals surface area contributed by atoms with Gasteiger partial charge in [0.2, 0.25) is 0 Å². The van der Waals surface area contributed by atoms with Gasteiger partial charge in [-0.3, -0.25) is 14.5 Å². The van der Waals surface area contributed by atoms with Crippen molar-refractivity contribution in [1.29, 1.82) is 0 Å². The fourth-order valence-corrected chi connectivity index (χ4v) is 4.38. The molecule has 0 aromatic carbocycles. The first kappa shape index (κ1) is 15.0. The van der Waals surface area contributed by atoms with Gasteiger partial charge in [-0.2, -0.15) is 5.10 Å². The smallest absolute Gasteiger partial charge is 0.117 e. The third-order valence-electron chi connectivity index (χ3n) is 5.38. The van der Waals surface area contributed by atoms with E-state index in [-0.39, 0.29) is 0 Å². The minimum Gasteiger partial charge on any atom is -0.468 e. The summed E-state index contributed by atoms with van der Waals surface area (Å²) in [6.45, 7) is 6.83. The van der Waals surface area contributed by atoms with Crippen molar-refractivity contribution in [1.82, 2.24) is 19.6 Å². The minimum atomic E-state index is 0.479. The van der Waals surface area contributed by atoms with E-state index >= 15 is 0 Å². The monoisotopic (exact) mass is 314 g/mol. The van der Waals surface area contributed by atoms with E-state index in [1.807, 2.05) is 24.0 Å². The summed E-state index contributed by atoms with van der Waals surface area (Å²) in [5.41, 5.74) is 1.81. The largest absolute Gasteiger partial charge is 0.468 e. The molecule has 2 saturated heterocycles. The molecule has 0 N–H and O–H groups in total. The second-order valence-corrected chi connectivity index (χ2v) is 7.38. The van der Waals surface area contributed by atoms with E-state index in [9.17, 15) is 0 Å². The van der Waals surface area contributed by atoms with Crippen LogP contribution in [0.3, 0.4) is 0 Å². The molecule has 2 aliphatic rings. The Hall–Kier alpha value is -1.59. The van der Waals surface area contributed by atoms with Gasteiger partial charge in [0.15, 0.2) is 0 Å². The maximum absolute atomic E-state index is 5.51. The lowest BCUT2D eigenvalue weighted by atomic mass is 9.79. The number of aryl methyl sites for hydroxylation is 1. The van der Waals surface area contributed by atoms with Gasteiger partial charge in [-0.15, -0.1) is 0 Å². The van der Waals surface area contributed by atoms with Crippen molar-refractivity contribution in [2.24, 2.45) is 12.5 Å². The Morgan fingerprint density at radius 3 is 2.78 bits per heavy atom. The highest BCUT2D eigenvalue weighted by atomic mass is 16.3. The number of nitrogens with zero attached hydrogens (tertiary/aromatic N) is 4. The van der Waals surface area contributed by atoms with Crippen LogP contribution < -0.4 is 0 Å². The Kier molecular flexibility index (Phi) is 3.99. The molecule has 124 valence electrons. The number of hydrogen-bond donors (Lipinski definition) is 0. The fraction of sp³-hybridized carbons (Fsp3) is 0.611. The summed E-state index contributed by atoms with van der Waals surface area (Å²) in [6.07, 6.45) is 9.91. The molecule has 4 heterocycles. The summed E-state index contributed by atoms with van der Waals surface area (Å²) in [5.74, 6) is 1.09. The minimum absolute atomic E-state index is 0.479. The van der Waals surface area contributed by atoms with E-state index in [0.717, 1.165) is 18.8 Å². The Bertz CT molecular complexity index is 635. The van der Waals surface area contributed by atoms with Gasteiger partial charge in [0.05, 0.1) is 19.0 Å². The average Bonchev–Trinajstić information content (AvgIpc) is 3.24. The molecule has 5 heteroatoms. The van der Waals surface area contributed by atoms with Gasteiger partial charge in [0, 0.05) is 38.4 Å². The Labute approximate surface area is 137 Å². The number of furan rings is 1. The molecule has 4 rings (SSSR count). The van der Waals surface area contributed by atoms with Crippen molar-refractivity contribution in [2.45, 2.75) is 32.4 Å². The van der Waals surface area contributed by atoms with Gasteiger partial charge < -0.3 is 4.42 Å². The van der Waals surface area contributed by atoms with Crippen LogP contribution in [-0.4, -0.2) is 45.8 Å². The van der Waals surface area contributed by atoms with Gasteiger partial charge in [0.1, 0.15) is 5.76 Å². The molecule has 2 fully saturated rings. The molecule has 0 saturated carbocycles. The molecule has 2 aliphatic heterocycles. The van der Waals surface area contributed by atoms with Crippen molar-refractivity contribution in [3.63, 3.8) is 0 Å². The van der Waals surface area contributed by atoms with Crippen LogP contribution in [0.25, 0.3) is 0 Å². The Morgan fingerprint density at radius 1 is 1.17 bits per heavy atom. The first-order valence-corrected chi connectivity index (χ1v) is 8.65. The Balaban J connectivity index is 1.37. The molecule has 0 bridgehead atoms. The van der Waals surface area contributed by atoms with Gasteiger partial charge in [-0.1, -0.05) is 0 Å². The molecular weight excluding hydrogens is 288 g/mol. The summed E-state index contributed by atoms with van der Waals surface area (Å²) in [7, 11) is 1.99. The SMILES string of the molecule is Cn1cc(CN2CCC[C@@]3(CCN(Cc4ccco4)C3)C2)cn1. The Morgan fingerprint density at radius 2 is 2.04 bits per heavy atom. The van der Waals surface area contributed by atoms with E-state index in [1.165, 1.54) is 51.0 Å². The third kappa shape index (κ3) is 3.35. The first-order chi connectivity index (χ1) is 11.2. The van der Waals surface area contributed by atoms with E-state index in [2.05, 4.69) is 27.2 Å². The number of rotatable bonds is 4. The second kappa shape index (κ2) is 6.13. The lowest BCUT2D eigenvalue weighted by molar-refractivity contribution is 0.0858. The summed E-state index contributed by atoms with van der Waals surface area (Å²) < 4.78 is 7.41. The predicted molar refractivity (Wildman–Crippen MR) is 88.8 cm³/mol. The number of aromatic nitrogens is 2. The van der Waals surface area contributed by atoms with Crippen molar-refractivity contribution in [3.8, 4) is 0 Å². The van der Waals surface area contributed by atoms with Crippen LogP contribution in [0.4, 0.5) is 0 Å². The van der Waals surface area contributed by atoms with Gasteiger partial charge in [-0.25, -0.2) is 0 Å². The molecule has 0 radical (unpaired) electrons. The molecule has 0 unspecified atom stereocenters. The van der Waals surface area contributed by atoms with Crippen LogP contribution >= 0.6 is 0 Å². The fourth-order valence-electron chi connectivity index (χ4n) is 4.38. The van der Waals surface area contributed by atoms with E-state index in [0.29, 0.717) is 5.41 Å². The van der Waals surface area contributed by atoms with Crippen molar-refractivity contribution in [2.75, 3.05) is 26.2 Å². The van der Waals surface area contributed by atoms with E-state index in [4.69, 9.17) is 4.42 Å². The topological polar surface area (TPSA) is 37.4 Å². The lowest BCUT2D eigenvalue weighted by Crippen LogP contribution is -2.44. The number of piperidine rings is 1. The van der Waals surface area contributed by atoms with Gasteiger partial charge in [-0.05, 0) is 49.9 Å². The zero-order valence-electron chi connectivity index (χ0n) is 13.9. The first-order valence-electron chi connectivity index (χ1n) is 8.65. The summed E-state index contributed by atoms with van der Waals surface area (Å²) >= 11 is 0.